The van der Waals surface area contributed by atoms with Crippen molar-refractivity contribution in [2.45, 2.75) is 0 Å². The van der Waals surface area contributed by atoms with Crippen molar-refractivity contribution >= 4 is 17.9 Å². The van der Waals surface area contributed by atoms with Crippen molar-refractivity contribution in [3.05, 3.63) is 54.1 Å². The Hall–Kier alpha value is -2.62. The summed E-state index contributed by atoms with van der Waals surface area (Å²) in [6, 6.07) is 14.7. The summed E-state index contributed by atoms with van der Waals surface area (Å²) in [6.07, 6.45) is 1.87. The van der Waals surface area contributed by atoms with Gasteiger partial charge in [0.1, 0.15) is 0 Å². The van der Waals surface area contributed by atoms with Crippen LogP contribution in [0.3, 0.4) is 0 Å². The van der Waals surface area contributed by atoms with Crippen molar-refractivity contribution in [1.82, 2.24) is 0 Å². The van der Waals surface area contributed by atoms with Gasteiger partial charge in [-0.2, -0.15) is 0 Å². The second-order valence-electron chi connectivity index (χ2n) is 3.80. The van der Waals surface area contributed by atoms with Gasteiger partial charge in [-0.3, -0.25) is 10.2 Å². The van der Waals surface area contributed by atoms with Crippen LogP contribution in [0.4, 0.5) is 5.69 Å². The van der Waals surface area contributed by atoms with Crippen LogP contribution in [0.5, 0.6) is 0 Å². The van der Waals surface area contributed by atoms with Gasteiger partial charge < -0.3 is 11.1 Å². The number of rotatable bonds is 3. The Kier molecular flexibility index (Phi) is 3.38. The zero-order valence-corrected chi connectivity index (χ0v) is 9.60. The van der Waals surface area contributed by atoms with Crippen LogP contribution in [-0.4, -0.2) is 12.2 Å². The Morgan fingerprint density at radius 2 is 1.83 bits per heavy atom. The second-order valence-corrected chi connectivity index (χ2v) is 3.80. The van der Waals surface area contributed by atoms with E-state index in [0.29, 0.717) is 5.56 Å². The zero-order chi connectivity index (χ0) is 13.0. The third-order valence-corrected chi connectivity index (χ3v) is 2.48. The highest BCUT2D eigenvalue weighted by atomic mass is 16.1. The van der Waals surface area contributed by atoms with Crippen LogP contribution in [0.25, 0.3) is 11.1 Å². The van der Waals surface area contributed by atoms with Gasteiger partial charge in [-0.25, -0.2) is 0 Å². The predicted molar refractivity (Wildman–Crippen MR) is 72.2 cm³/mol. The zero-order valence-electron chi connectivity index (χ0n) is 9.60. The number of anilines is 1. The van der Waals surface area contributed by atoms with Gasteiger partial charge >= 0.3 is 0 Å². The van der Waals surface area contributed by atoms with Crippen molar-refractivity contribution in [1.29, 1.82) is 5.41 Å². The predicted octanol–water partition coefficient (Wildman–Crippen LogP) is 2.12. The standard InChI is InChI=1S/C14H12N3O/c15-14(16)17-13-6-4-11(5-7-13)12-3-1-2-10(8-12)9-18/h1-8H,(H4,15,16,17). The molecule has 0 atom stereocenters. The van der Waals surface area contributed by atoms with Crippen molar-refractivity contribution in [2.24, 2.45) is 5.73 Å². The lowest BCUT2D eigenvalue weighted by Crippen LogP contribution is -2.20. The first kappa shape index (κ1) is 11.9. The van der Waals surface area contributed by atoms with E-state index in [2.05, 4.69) is 5.32 Å². The van der Waals surface area contributed by atoms with E-state index in [9.17, 15) is 4.79 Å². The van der Waals surface area contributed by atoms with Gasteiger partial charge in [0.05, 0.1) is 0 Å². The fourth-order valence-electron chi connectivity index (χ4n) is 1.66. The molecular formula is C14H12N3O. The summed E-state index contributed by atoms with van der Waals surface area (Å²) in [5, 5.41) is 9.83. The third kappa shape index (κ3) is 2.74. The SMILES string of the molecule is N=C(N)Nc1ccc(-c2cccc([C]=O)c2)cc1. The van der Waals surface area contributed by atoms with Gasteiger partial charge in [-0.1, -0.05) is 30.3 Å². The Morgan fingerprint density at radius 1 is 1.11 bits per heavy atom. The topological polar surface area (TPSA) is 79.0 Å². The maximum atomic E-state index is 10.6. The number of nitrogens with two attached hydrogens (primary N) is 1. The number of hydrogen-bond acceptors (Lipinski definition) is 2. The first-order valence-electron chi connectivity index (χ1n) is 5.39. The summed E-state index contributed by atoms with van der Waals surface area (Å²) in [5.41, 5.74) is 8.46. The van der Waals surface area contributed by atoms with Crippen LogP contribution < -0.4 is 11.1 Å². The molecule has 4 nitrogen and oxygen atoms in total. The lowest BCUT2D eigenvalue weighted by atomic mass is 10.0. The molecule has 0 heterocycles. The molecule has 0 spiro atoms. The van der Waals surface area contributed by atoms with Crippen LogP contribution in [0, 0.1) is 5.41 Å². The molecule has 4 N–H and O–H groups in total. The van der Waals surface area contributed by atoms with Crippen LogP contribution >= 0.6 is 0 Å². The molecule has 0 fully saturated rings. The molecule has 2 rings (SSSR count). The molecule has 0 aliphatic rings. The smallest absolute Gasteiger partial charge is 0.233 e. The minimum absolute atomic E-state index is 0.0969. The van der Waals surface area contributed by atoms with Crippen LogP contribution in [0.2, 0.25) is 0 Å². The molecule has 0 saturated carbocycles. The molecule has 0 aromatic heterocycles. The number of benzene rings is 2. The van der Waals surface area contributed by atoms with Crippen molar-refractivity contribution in [3.63, 3.8) is 0 Å². The number of nitrogens with one attached hydrogen (secondary N) is 2. The monoisotopic (exact) mass is 238 g/mol. The van der Waals surface area contributed by atoms with Crippen LogP contribution in [0.15, 0.2) is 48.5 Å². The van der Waals surface area contributed by atoms with E-state index < -0.39 is 0 Å². The van der Waals surface area contributed by atoms with Gasteiger partial charge in [-0.15, -0.1) is 0 Å². The summed E-state index contributed by atoms with van der Waals surface area (Å²) in [4.78, 5) is 10.6. The molecule has 0 saturated heterocycles. The summed E-state index contributed by atoms with van der Waals surface area (Å²) in [5.74, 6) is -0.0969. The summed E-state index contributed by atoms with van der Waals surface area (Å²) < 4.78 is 0. The van der Waals surface area contributed by atoms with Crippen molar-refractivity contribution in [2.75, 3.05) is 5.32 Å². The third-order valence-electron chi connectivity index (χ3n) is 2.48. The first-order valence-corrected chi connectivity index (χ1v) is 5.39. The average Bonchev–Trinajstić information content (AvgIpc) is 2.39. The molecule has 0 aliphatic heterocycles. The average molecular weight is 238 g/mol. The quantitative estimate of drug-likeness (QED) is 0.566. The minimum Gasteiger partial charge on any atom is -0.370 e. The summed E-state index contributed by atoms with van der Waals surface area (Å²) in [6.45, 7) is 0. The molecule has 18 heavy (non-hydrogen) atoms. The normalized spacial score (nSPS) is 9.78. The minimum atomic E-state index is -0.0969. The molecule has 1 radical (unpaired) electrons. The molecule has 2 aromatic rings. The number of carbonyl (C=O) groups excluding carboxylic acids is 1. The molecule has 0 unspecified atom stereocenters. The fraction of sp³-hybridized carbons (Fsp3) is 0. The van der Waals surface area contributed by atoms with E-state index in [1.54, 1.807) is 12.1 Å². The fourth-order valence-corrected chi connectivity index (χ4v) is 1.66. The highest BCUT2D eigenvalue weighted by Crippen LogP contribution is 2.21. The Morgan fingerprint density at radius 3 is 2.44 bits per heavy atom. The second kappa shape index (κ2) is 5.14. The summed E-state index contributed by atoms with van der Waals surface area (Å²) >= 11 is 0. The highest BCUT2D eigenvalue weighted by molar-refractivity contribution is 5.90. The number of guanidine groups is 1. The molecule has 2 aromatic carbocycles. The molecule has 0 bridgehead atoms. The lowest BCUT2D eigenvalue weighted by Gasteiger charge is -2.06. The van der Waals surface area contributed by atoms with E-state index in [0.717, 1.165) is 16.8 Å². The van der Waals surface area contributed by atoms with Gasteiger partial charge in [0.15, 0.2) is 5.96 Å². The lowest BCUT2D eigenvalue weighted by molar-refractivity contribution is 0.563. The van der Waals surface area contributed by atoms with Crippen molar-refractivity contribution in [3.8, 4) is 11.1 Å². The van der Waals surface area contributed by atoms with Gasteiger partial charge in [0.25, 0.3) is 0 Å². The van der Waals surface area contributed by atoms with E-state index in [4.69, 9.17) is 11.1 Å². The van der Waals surface area contributed by atoms with E-state index in [-0.39, 0.29) is 5.96 Å². The van der Waals surface area contributed by atoms with Gasteiger partial charge in [0, 0.05) is 11.3 Å². The molecule has 89 valence electrons. The van der Waals surface area contributed by atoms with E-state index >= 15 is 0 Å². The first-order chi connectivity index (χ1) is 8.69. The Bertz CT molecular complexity index is 576. The molecular weight excluding hydrogens is 226 g/mol. The van der Waals surface area contributed by atoms with Crippen LogP contribution in [0.1, 0.15) is 5.56 Å². The maximum Gasteiger partial charge on any atom is 0.233 e. The Balaban J connectivity index is 2.28. The molecule has 0 amide bonds. The van der Waals surface area contributed by atoms with Crippen LogP contribution in [-0.2, 0) is 4.79 Å². The van der Waals surface area contributed by atoms with Gasteiger partial charge in [-0.05, 0) is 29.3 Å². The van der Waals surface area contributed by atoms with Gasteiger partial charge in [0.2, 0.25) is 6.29 Å². The largest absolute Gasteiger partial charge is 0.370 e. The molecule has 0 aliphatic carbocycles. The van der Waals surface area contributed by atoms with E-state index in [1.165, 1.54) is 0 Å². The van der Waals surface area contributed by atoms with Crippen molar-refractivity contribution < 1.29 is 4.79 Å². The highest BCUT2D eigenvalue weighted by Gasteiger charge is 2.00. The summed E-state index contributed by atoms with van der Waals surface area (Å²) in [7, 11) is 0. The maximum absolute atomic E-state index is 10.6. The number of hydrogen-bond donors (Lipinski definition) is 3. The van der Waals surface area contributed by atoms with E-state index in [1.807, 2.05) is 42.7 Å². The molecule has 4 heteroatoms. The Labute approximate surface area is 105 Å².